The Morgan fingerprint density at radius 2 is 1.82 bits per heavy atom. The number of pyridine rings is 1. The van der Waals surface area contributed by atoms with E-state index in [0.29, 0.717) is 37.9 Å². The fourth-order valence-electron chi connectivity index (χ4n) is 6.14. The van der Waals surface area contributed by atoms with E-state index < -0.39 is 30.0 Å². The lowest BCUT2D eigenvalue weighted by Crippen LogP contribution is -2.52. The second-order valence-corrected chi connectivity index (χ2v) is 15.1. The minimum Gasteiger partial charge on any atom is -0.544 e. The topological polar surface area (TPSA) is 144 Å². The van der Waals surface area contributed by atoms with E-state index in [2.05, 4.69) is 17.3 Å². The molecule has 268 valence electrons. The summed E-state index contributed by atoms with van der Waals surface area (Å²) in [5.74, 6) is -1.47. The Balaban J connectivity index is 1.50. The number of carbonyl (C=O) groups excluding carboxylic acids is 2. The number of nitrogens with one attached hydrogen (secondary N) is 1. The molecular weight excluding hydrogens is 725 g/mol. The predicted octanol–water partition coefficient (Wildman–Crippen LogP) is 4.26. The Morgan fingerprint density at radius 3 is 2.42 bits per heavy atom. The lowest BCUT2D eigenvalue weighted by Gasteiger charge is -2.32. The Morgan fingerprint density at radius 1 is 1.12 bits per heavy atom. The summed E-state index contributed by atoms with van der Waals surface area (Å²) < 4.78 is 17.6. The number of piperidine rings is 1. The first-order chi connectivity index (χ1) is 24.0. The van der Waals surface area contributed by atoms with Gasteiger partial charge >= 0.3 is 5.97 Å². The second-order valence-electron chi connectivity index (χ2n) is 12.2. The number of hydrogen-bond donors (Lipinski definition) is 3. The number of aliphatic hydroxyl groups is 1. The molecule has 1 unspecified atom stereocenters. The van der Waals surface area contributed by atoms with Crippen molar-refractivity contribution in [2.24, 2.45) is 5.92 Å². The smallest absolute Gasteiger partial charge is 0.334 e. The maximum Gasteiger partial charge on any atom is 0.334 e. The van der Waals surface area contributed by atoms with E-state index in [0.717, 1.165) is 42.0 Å². The molecular formula is C35H39Cl2N3O8S2. The molecule has 1 fully saturated rings. The minimum atomic E-state index is -1.57. The van der Waals surface area contributed by atoms with Gasteiger partial charge in [-0.2, -0.15) is 0 Å². The van der Waals surface area contributed by atoms with Crippen LogP contribution in [0.5, 0.6) is 11.5 Å². The number of methoxy groups -OCH3 is 2. The lowest BCUT2D eigenvalue weighted by atomic mass is 9.85. The summed E-state index contributed by atoms with van der Waals surface area (Å²) in [7, 11) is 5.08. The molecule has 11 nitrogen and oxygen atoms in total. The molecule has 4 heterocycles. The molecule has 1 saturated heterocycles. The van der Waals surface area contributed by atoms with Gasteiger partial charge in [0.25, 0.3) is 0 Å². The van der Waals surface area contributed by atoms with Crippen LogP contribution in [0, 0.1) is 5.92 Å². The highest BCUT2D eigenvalue weighted by Crippen LogP contribution is 2.41. The van der Waals surface area contributed by atoms with Crippen molar-refractivity contribution in [3.8, 4) is 11.5 Å². The summed E-state index contributed by atoms with van der Waals surface area (Å²) in [6, 6.07) is 10.6. The molecule has 0 bridgehead atoms. The minimum absolute atomic E-state index is 0.0300. The van der Waals surface area contributed by atoms with Crippen LogP contribution < -0.4 is 24.6 Å². The first kappa shape index (κ1) is 37.8. The van der Waals surface area contributed by atoms with Gasteiger partial charge in [0, 0.05) is 32.5 Å². The standard InChI is InChI=1S/C35H39Cl2N3O8S2/c1-39-10-8-21(9-11-39)19-48-34(44)35(20-41,31-5-4-12-49-31)38-16-23-14-25(32(50-23)33(42)43)24(15-26-27(36)17-40(45)18-28(26)37)22-6-7-29(46-2)30(13-22)47-3/h4-7,12-14,17-18,21,24,38,41H,8-11,15-16,19-20H2,1-3H3,(H-,42,43,45)/t24-,35?/m0/s1. The number of carboxylic acids is 1. The van der Waals surface area contributed by atoms with Crippen molar-refractivity contribution in [1.29, 1.82) is 0 Å². The normalized spacial score (nSPS) is 15.7. The van der Waals surface area contributed by atoms with Crippen molar-refractivity contribution in [2.75, 3.05) is 47.6 Å². The van der Waals surface area contributed by atoms with Crippen LogP contribution in [0.15, 0.2) is 54.2 Å². The van der Waals surface area contributed by atoms with Crippen molar-refractivity contribution in [3.05, 3.63) is 95.5 Å². The Bertz CT molecular complexity index is 1770. The molecule has 3 N–H and O–H groups in total. The summed E-state index contributed by atoms with van der Waals surface area (Å²) >= 11 is 15.4. The Kier molecular flexibility index (Phi) is 12.6. The number of aromatic nitrogens is 1. The van der Waals surface area contributed by atoms with Gasteiger partial charge in [-0.3, -0.25) is 10.5 Å². The number of aromatic carboxylic acids is 1. The summed E-state index contributed by atoms with van der Waals surface area (Å²) in [4.78, 5) is 29.8. The number of rotatable bonds is 15. The summed E-state index contributed by atoms with van der Waals surface area (Å²) in [5, 5.41) is 38.8. The third kappa shape index (κ3) is 8.37. The molecule has 0 saturated carbocycles. The maximum absolute atomic E-state index is 13.8. The van der Waals surface area contributed by atoms with Crippen LogP contribution in [0.25, 0.3) is 0 Å². The van der Waals surface area contributed by atoms with Gasteiger partial charge in [-0.15, -0.1) is 22.7 Å². The number of ether oxygens (including phenoxy) is 3. The van der Waals surface area contributed by atoms with E-state index in [4.69, 9.17) is 37.4 Å². The van der Waals surface area contributed by atoms with E-state index in [1.54, 1.807) is 36.4 Å². The van der Waals surface area contributed by atoms with Gasteiger partial charge in [0.2, 0.25) is 12.4 Å². The summed E-state index contributed by atoms with van der Waals surface area (Å²) in [6.07, 6.45) is 4.56. The molecule has 1 aromatic carbocycles. The number of hydrogen-bond acceptors (Lipinski definition) is 12. The van der Waals surface area contributed by atoms with E-state index in [-0.39, 0.29) is 40.4 Å². The first-order valence-corrected chi connectivity index (χ1v) is 18.3. The highest BCUT2D eigenvalue weighted by Gasteiger charge is 2.43. The third-order valence-corrected chi connectivity index (χ3v) is 11.9. The quantitative estimate of drug-likeness (QED) is 0.0913. The van der Waals surface area contributed by atoms with E-state index in [1.165, 1.54) is 38.0 Å². The van der Waals surface area contributed by atoms with Crippen LogP contribution in [0.1, 0.15) is 54.9 Å². The highest BCUT2D eigenvalue weighted by atomic mass is 35.5. The van der Waals surface area contributed by atoms with Crippen molar-refractivity contribution in [1.82, 2.24) is 10.2 Å². The van der Waals surface area contributed by atoms with Gasteiger partial charge in [0.05, 0.1) is 38.3 Å². The van der Waals surface area contributed by atoms with E-state index in [1.807, 2.05) is 5.38 Å². The number of carbonyl (C=O) groups is 2. The number of nitrogens with zero attached hydrogens (tertiary/aromatic N) is 2. The molecule has 0 aliphatic carbocycles. The molecule has 4 aromatic rings. The number of halogens is 2. The van der Waals surface area contributed by atoms with Gasteiger partial charge in [0.15, 0.2) is 17.0 Å². The van der Waals surface area contributed by atoms with Crippen LogP contribution in [0.4, 0.5) is 0 Å². The van der Waals surface area contributed by atoms with Crippen molar-refractivity contribution in [2.45, 2.75) is 37.3 Å². The first-order valence-electron chi connectivity index (χ1n) is 15.9. The van der Waals surface area contributed by atoms with Gasteiger partial charge in [0.1, 0.15) is 10.0 Å². The van der Waals surface area contributed by atoms with E-state index in [9.17, 15) is 25.0 Å². The third-order valence-electron chi connectivity index (χ3n) is 9.04. The number of aliphatic hydroxyl groups excluding tert-OH is 1. The highest BCUT2D eigenvalue weighted by molar-refractivity contribution is 7.14. The monoisotopic (exact) mass is 763 g/mol. The SMILES string of the molecule is COc1ccc([C@H](Cc2c(Cl)c[n+](O)cc2Cl)c2cc(CNC(CO)(C(=O)OCC3CCN(C)CC3)c3cccs3)sc2C(=O)[O-])cc1OC. The van der Waals surface area contributed by atoms with Crippen LogP contribution in [-0.4, -0.2) is 74.7 Å². The number of thiophene rings is 2. The Labute approximate surface area is 308 Å². The van der Waals surface area contributed by atoms with Crippen molar-refractivity contribution < 1.29 is 44.0 Å². The van der Waals surface area contributed by atoms with E-state index >= 15 is 0 Å². The number of carboxylic acid groups (broad SMARTS) is 1. The summed E-state index contributed by atoms with van der Waals surface area (Å²) in [5.41, 5.74) is 0.00956. The molecule has 0 spiro atoms. The van der Waals surface area contributed by atoms with Crippen LogP contribution in [0.3, 0.4) is 0 Å². The zero-order valence-corrected chi connectivity index (χ0v) is 31.0. The zero-order valence-electron chi connectivity index (χ0n) is 27.8. The van der Waals surface area contributed by atoms with Crippen molar-refractivity contribution >= 4 is 57.8 Å². The largest absolute Gasteiger partial charge is 0.544 e. The molecule has 0 radical (unpaired) electrons. The predicted molar refractivity (Wildman–Crippen MR) is 189 cm³/mol. The molecule has 1 aliphatic heterocycles. The summed E-state index contributed by atoms with van der Waals surface area (Å²) in [6.45, 7) is 1.55. The molecule has 0 amide bonds. The number of likely N-dealkylation sites (tertiary alicyclic amines) is 1. The molecule has 3 aromatic heterocycles. The maximum atomic E-state index is 13.8. The van der Waals surface area contributed by atoms with Crippen LogP contribution >= 0.6 is 45.9 Å². The zero-order chi connectivity index (χ0) is 36.0. The van der Waals surface area contributed by atoms with Crippen molar-refractivity contribution in [3.63, 3.8) is 0 Å². The average Bonchev–Trinajstić information content (AvgIpc) is 3.80. The average molecular weight is 765 g/mol. The lowest BCUT2D eigenvalue weighted by molar-refractivity contribution is -0.904. The number of esters is 1. The Hall–Kier alpha value is -3.43. The van der Waals surface area contributed by atoms with Gasteiger partial charge < -0.3 is 34.1 Å². The fourth-order valence-corrected chi connectivity index (χ4v) is 8.63. The number of benzene rings is 1. The molecule has 2 atom stereocenters. The van der Waals surface area contributed by atoms with Gasteiger partial charge in [-0.25, -0.2) is 4.79 Å². The molecule has 50 heavy (non-hydrogen) atoms. The molecule has 15 heteroatoms. The van der Waals surface area contributed by atoms with Crippen LogP contribution in [-0.2, 0) is 28.0 Å². The molecule has 1 aliphatic rings. The second kappa shape index (κ2) is 16.7. The molecule has 5 rings (SSSR count). The van der Waals surface area contributed by atoms with Crippen LogP contribution in [0.2, 0.25) is 10.0 Å². The van der Waals surface area contributed by atoms with Gasteiger partial charge in [-0.05, 0) is 86.1 Å². The fraction of sp³-hybridized carbons (Fsp3) is 0.400. The van der Waals surface area contributed by atoms with Gasteiger partial charge in [-0.1, -0.05) is 35.3 Å².